The van der Waals surface area contributed by atoms with Crippen molar-refractivity contribution in [1.29, 1.82) is 0 Å². The molecule has 1 atom stereocenters. The standard InChI is InChI=1S/C9H8O5/c1-3-2-4-5(3)7(9(12)13)14-6(4)8(10)11/h3H,2H2,1H3,(H,10,11)(H,12,13). The molecule has 2 rings (SSSR count). The van der Waals surface area contributed by atoms with Gasteiger partial charge in [0.1, 0.15) is 0 Å². The SMILES string of the molecule is CC1Cc2c(C(=O)O)oc(C(=O)O)c21. The van der Waals surface area contributed by atoms with Crippen LogP contribution in [0.15, 0.2) is 4.42 Å². The summed E-state index contributed by atoms with van der Waals surface area (Å²) in [6.45, 7) is 1.84. The van der Waals surface area contributed by atoms with Crippen LogP contribution in [0.1, 0.15) is 45.1 Å². The minimum Gasteiger partial charge on any atom is -0.475 e. The lowest BCUT2D eigenvalue weighted by molar-refractivity contribution is 0.0631. The van der Waals surface area contributed by atoms with Crippen LogP contribution in [0.25, 0.3) is 0 Å². The van der Waals surface area contributed by atoms with E-state index in [0.29, 0.717) is 17.5 Å². The molecule has 0 fully saturated rings. The molecular weight excluding hydrogens is 188 g/mol. The van der Waals surface area contributed by atoms with Crippen molar-refractivity contribution in [3.63, 3.8) is 0 Å². The van der Waals surface area contributed by atoms with Crippen LogP contribution in [-0.4, -0.2) is 22.2 Å². The average molecular weight is 196 g/mol. The molecule has 0 radical (unpaired) electrons. The predicted octanol–water partition coefficient (Wildman–Crippen LogP) is 1.34. The molecule has 14 heavy (non-hydrogen) atoms. The highest BCUT2D eigenvalue weighted by Gasteiger charge is 2.37. The normalized spacial score (nSPS) is 18.5. The summed E-state index contributed by atoms with van der Waals surface area (Å²) in [5.41, 5.74) is 1.07. The fourth-order valence-corrected chi connectivity index (χ4v) is 1.81. The number of rotatable bonds is 2. The summed E-state index contributed by atoms with van der Waals surface area (Å²) in [6.07, 6.45) is 0.577. The van der Waals surface area contributed by atoms with Crippen molar-refractivity contribution in [2.45, 2.75) is 19.3 Å². The average Bonchev–Trinajstić information content (AvgIpc) is 2.37. The van der Waals surface area contributed by atoms with Gasteiger partial charge in [0.25, 0.3) is 0 Å². The van der Waals surface area contributed by atoms with Crippen molar-refractivity contribution in [2.24, 2.45) is 0 Å². The molecule has 1 aromatic rings. The lowest BCUT2D eigenvalue weighted by Crippen LogP contribution is -2.17. The molecule has 1 aliphatic rings. The number of aromatic carboxylic acids is 2. The van der Waals surface area contributed by atoms with Crippen LogP contribution < -0.4 is 0 Å². The first-order valence-corrected chi connectivity index (χ1v) is 4.14. The van der Waals surface area contributed by atoms with Gasteiger partial charge in [-0.25, -0.2) is 9.59 Å². The van der Waals surface area contributed by atoms with Crippen molar-refractivity contribution >= 4 is 11.9 Å². The summed E-state index contributed by atoms with van der Waals surface area (Å²) >= 11 is 0. The number of hydrogen-bond donors (Lipinski definition) is 2. The van der Waals surface area contributed by atoms with Gasteiger partial charge >= 0.3 is 11.9 Å². The summed E-state index contributed by atoms with van der Waals surface area (Å²) in [6, 6.07) is 0. The quantitative estimate of drug-likeness (QED) is 0.745. The molecular formula is C9H8O5. The Morgan fingerprint density at radius 1 is 1.29 bits per heavy atom. The fourth-order valence-electron chi connectivity index (χ4n) is 1.81. The second kappa shape index (κ2) is 2.60. The monoisotopic (exact) mass is 196 g/mol. The van der Waals surface area contributed by atoms with Gasteiger partial charge in [-0.3, -0.25) is 0 Å². The third-order valence-electron chi connectivity index (χ3n) is 2.44. The maximum atomic E-state index is 10.7. The molecule has 0 amide bonds. The van der Waals surface area contributed by atoms with Crippen molar-refractivity contribution in [3.05, 3.63) is 22.6 Å². The zero-order valence-electron chi connectivity index (χ0n) is 7.40. The van der Waals surface area contributed by atoms with Crippen LogP contribution in [0.5, 0.6) is 0 Å². The van der Waals surface area contributed by atoms with E-state index in [1.54, 1.807) is 0 Å². The zero-order chi connectivity index (χ0) is 10.5. The Morgan fingerprint density at radius 3 is 2.21 bits per heavy atom. The molecule has 0 aromatic carbocycles. The topological polar surface area (TPSA) is 87.7 Å². The molecule has 0 bridgehead atoms. The van der Waals surface area contributed by atoms with E-state index in [1.807, 2.05) is 6.92 Å². The zero-order valence-corrected chi connectivity index (χ0v) is 7.40. The summed E-state index contributed by atoms with van der Waals surface area (Å²) < 4.78 is 4.80. The van der Waals surface area contributed by atoms with Gasteiger partial charge < -0.3 is 14.6 Å². The summed E-state index contributed by atoms with van der Waals surface area (Å²) in [5, 5.41) is 17.5. The Labute approximate surface area is 79.0 Å². The molecule has 0 saturated carbocycles. The van der Waals surface area contributed by atoms with Crippen LogP contribution >= 0.6 is 0 Å². The van der Waals surface area contributed by atoms with Crippen LogP contribution in [0.3, 0.4) is 0 Å². The minimum atomic E-state index is -1.21. The Kier molecular flexibility index (Phi) is 1.64. The largest absolute Gasteiger partial charge is 0.475 e. The lowest BCUT2D eigenvalue weighted by Gasteiger charge is -2.21. The second-order valence-corrected chi connectivity index (χ2v) is 3.37. The van der Waals surface area contributed by atoms with Gasteiger partial charge in [-0.2, -0.15) is 0 Å². The third kappa shape index (κ3) is 0.951. The fraction of sp³-hybridized carbons (Fsp3) is 0.333. The molecule has 1 aliphatic carbocycles. The highest BCUT2D eigenvalue weighted by molar-refractivity contribution is 5.93. The van der Waals surface area contributed by atoms with E-state index in [1.165, 1.54) is 0 Å². The van der Waals surface area contributed by atoms with E-state index in [2.05, 4.69) is 0 Å². The van der Waals surface area contributed by atoms with E-state index in [0.717, 1.165) is 0 Å². The molecule has 1 heterocycles. The van der Waals surface area contributed by atoms with E-state index in [9.17, 15) is 9.59 Å². The van der Waals surface area contributed by atoms with E-state index in [-0.39, 0.29) is 17.4 Å². The molecule has 74 valence electrons. The summed E-state index contributed by atoms with van der Waals surface area (Å²) in [7, 11) is 0. The second-order valence-electron chi connectivity index (χ2n) is 3.37. The number of carbonyl (C=O) groups is 2. The van der Waals surface area contributed by atoms with Crippen molar-refractivity contribution in [2.75, 3.05) is 0 Å². The minimum absolute atomic E-state index is 0.0768. The van der Waals surface area contributed by atoms with Crippen molar-refractivity contribution in [3.8, 4) is 0 Å². The lowest BCUT2D eigenvalue weighted by atomic mass is 9.79. The number of carboxylic acids is 2. The van der Waals surface area contributed by atoms with Gasteiger partial charge in [0.15, 0.2) is 0 Å². The molecule has 5 heteroatoms. The van der Waals surface area contributed by atoms with Gasteiger partial charge in [-0.15, -0.1) is 0 Å². The van der Waals surface area contributed by atoms with Gasteiger partial charge in [0.05, 0.1) is 0 Å². The van der Waals surface area contributed by atoms with Gasteiger partial charge in [-0.1, -0.05) is 6.92 Å². The maximum absolute atomic E-state index is 10.7. The van der Waals surface area contributed by atoms with Crippen LogP contribution in [0.2, 0.25) is 0 Å². The third-order valence-corrected chi connectivity index (χ3v) is 2.44. The van der Waals surface area contributed by atoms with Crippen molar-refractivity contribution in [1.82, 2.24) is 0 Å². The van der Waals surface area contributed by atoms with Crippen molar-refractivity contribution < 1.29 is 24.2 Å². The summed E-state index contributed by atoms with van der Waals surface area (Å²) in [5.74, 6) is -2.79. The molecule has 0 spiro atoms. The summed E-state index contributed by atoms with van der Waals surface area (Å²) in [4.78, 5) is 21.4. The van der Waals surface area contributed by atoms with E-state index < -0.39 is 11.9 Å². The molecule has 0 aliphatic heterocycles. The molecule has 5 nitrogen and oxygen atoms in total. The highest BCUT2D eigenvalue weighted by atomic mass is 16.4. The highest BCUT2D eigenvalue weighted by Crippen LogP contribution is 2.41. The van der Waals surface area contributed by atoms with E-state index >= 15 is 0 Å². The van der Waals surface area contributed by atoms with Gasteiger partial charge in [-0.05, 0) is 12.3 Å². The van der Waals surface area contributed by atoms with Crippen LogP contribution in [0.4, 0.5) is 0 Å². The number of carboxylic acid groups (broad SMARTS) is 2. The van der Waals surface area contributed by atoms with Gasteiger partial charge in [0, 0.05) is 11.1 Å². The number of hydrogen-bond acceptors (Lipinski definition) is 3. The maximum Gasteiger partial charge on any atom is 0.372 e. The van der Waals surface area contributed by atoms with E-state index in [4.69, 9.17) is 14.6 Å². The Bertz CT molecular complexity index is 429. The predicted molar refractivity (Wildman–Crippen MR) is 44.7 cm³/mol. The number of fused-ring (bicyclic) bond motifs is 1. The first kappa shape index (κ1) is 8.80. The van der Waals surface area contributed by atoms with Crippen LogP contribution in [0, 0.1) is 0 Å². The van der Waals surface area contributed by atoms with Crippen LogP contribution in [-0.2, 0) is 6.42 Å². The molecule has 1 unspecified atom stereocenters. The molecule has 1 aromatic heterocycles. The molecule has 2 N–H and O–H groups in total. The first-order valence-electron chi connectivity index (χ1n) is 4.14. The Hall–Kier alpha value is -1.78. The molecule has 0 saturated heterocycles. The number of furan rings is 1. The smallest absolute Gasteiger partial charge is 0.372 e. The first-order chi connectivity index (χ1) is 6.52. The van der Waals surface area contributed by atoms with Gasteiger partial charge in [0.2, 0.25) is 11.5 Å². The Balaban J connectivity index is 2.59. The Morgan fingerprint density at radius 2 is 1.86 bits per heavy atom.